The van der Waals surface area contributed by atoms with E-state index in [4.69, 9.17) is 2.74 Å². The van der Waals surface area contributed by atoms with Gasteiger partial charge < -0.3 is 0 Å². The molecule has 0 N–H and O–H groups in total. The average molecular weight is 187 g/mol. The fraction of sp³-hybridized carbons (Fsp3) is 0.250. The van der Waals surface area contributed by atoms with Gasteiger partial charge in [-0.1, -0.05) is 35.0 Å². The molecule has 0 saturated heterocycles. The summed E-state index contributed by atoms with van der Waals surface area (Å²) in [6.07, 6.45) is -0.400. The van der Waals surface area contributed by atoms with E-state index in [2.05, 4.69) is 15.9 Å². The van der Waals surface area contributed by atoms with Crippen molar-refractivity contribution in [2.24, 2.45) is 0 Å². The Labute approximate surface area is 66.8 Å². The Hall–Kier alpha value is -0.300. The molecule has 0 radical (unpaired) electrons. The van der Waals surface area contributed by atoms with E-state index in [9.17, 15) is 0 Å². The molecule has 0 heterocycles. The van der Waals surface area contributed by atoms with E-state index in [-0.39, 0.29) is 6.90 Å². The van der Waals surface area contributed by atoms with Crippen LogP contribution in [0, 0.1) is 0 Å². The summed E-state index contributed by atoms with van der Waals surface area (Å²) < 4.78 is 15.4. The Morgan fingerprint density at radius 3 is 2.78 bits per heavy atom. The molecule has 0 bridgehead atoms. The van der Waals surface area contributed by atoms with Gasteiger partial charge in [-0.05, 0) is 24.1 Å². The summed E-state index contributed by atoms with van der Waals surface area (Å²) in [5, 5.41) is 0. The molecule has 48 valence electrons. The van der Waals surface area contributed by atoms with Gasteiger partial charge in [-0.3, -0.25) is 0 Å². The summed E-state index contributed by atoms with van der Waals surface area (Å²) in [5.74, 6) is 0. The predicted molar refractivity (Wildman–Crippen MR) is 43.5 cm³/mol. The normalized spacial score (nSPS) is 16.1. The van der Waals surface area contributed by atoms with E-state index in [0.29, 0.717) is 0 Å². The van der Waals surface area contributed by atoms with Crippen LogP contribution in [0.15, 0.2) is 28.7 Å². The Kier molecular flexibility index (Phi) is 1.51. The van der Waals surface area contributed by atoms with Crippen LogP contribution in [0.25, 0.3) is 0 Å². The van der Waals surface area contributed by atoms with Crippen LogP contribution in [0.3, 0.4) is 0 Å². The Balaban J connectivity index is 2.81. The maximum absolute atomic E-state index is 7.43. The van der Waals surface area contributed by atoms with Crippen molar-refractivity contribution >= 4 is 15.9 Å². The van der Waals surface area contributed by atoms with Crippen molar-refractivity contribution in [3.8, 4) is 0 Å². The van der Waals surface area contributed by atoms with Crippen molar-refractivity contribution in [3.05, 3.63) is 34.3 Å². The monoisotopic (exact) mass is 186 g/mol. The fourth-order valence-electron chi connectivity index (χ4n) is 0.599. The van der Waals surface area contributed by atoms with Gasteiger partial charge in [-0.2, -0.15) is 0 Å². The predicted octanol–water partition coefficient (Wildman–Crippen LogP) is 3.01. The molecule has 0 saturated carbocycles. The van der Waals surface area contributed by atoms with Crippen LogP contribution in [0.1, 0.15) is 15.2 Å². The van der Waals surface area contributed by atoms with E-state index in [1.54, 1.807) is 0 Å². The molecule has 0 aliphatic heterocycles. The lowest BCUT2D eigenvalue weighted by Gasteiger charge is -1.93. The molecule has 0 spiro atoms. The topological polar surface area (TPSA) is 0 Å². The van der Waals surface area contributed by atoms with Crippen LogP contribution in [0.4, 0.5) is 0 Å². The van der Waals surface area contributed by atoms with Crippen molar-refractivity contribution in [2.45, 2.75) is 13.3 Å². The summed E-state index contributed by atoms with van der Waals surface area (Å²) in [5.41, 5.74) is 0.906. The third kappa shape index (κ3) is 1.83. The zero-order valence-electron chi connectivity index (χ0n) is 6.97. The summed E-state index contributed by atoms with van der Waals surface area (Å²) in [6.45, 7) is 0.127. The lowest BCUT2D eigenvalue weighted by atomic mass is 10.2. The van der Waals surface area contributed by atoms with Gasteiger partial charge in [0, 0.05) is 7.21 Å². The molecule has 1 heteroatoms. The second-order valence-electron chi connectivity index (χ2n) is 1.76. The number of hydrogen-bond acceptors (Lipinski definition) is 0. The van der Waals surface area contributed by atoms with Crippen LogP contribution in [0.5, 0.6) is 0 Å². The van der Waals surface area contributed by atoms with E-state index >= 15 is 0 Å². The lowest BCUT2D eigenvalue weighted by molar-refractivity contribution is 1.14. The molecular formula is C8H9Br. The Bertz CT molecular complexity index is 220. The van der Waals surface area contributed by atoms with Gasteiger partial charge in [0.25, 0.3) is 0 Å². The van der Waals surface area contributed by atoms with Gasteiger partial charge in [-0.15, -0.1) is 0 Å². The highest BCUT2D eigenvalue weighted by Crippen LogP contribution is 2.10. The first-order valence-electron chi connectivity index (χ1n) is 3.99. The van der Waals surface area contributed by atoms with E-state index < -0.39 is 6.40 Å². The third-order valence-electron chi connectivity index (χ3n) is 1.11. The number of hydrogen-bond donors (Lipinski definition) is 0. The quantitative estimate of drug-likeness (QED) is 0.633. The van der Waals surface area contributed by atoms with Crippen LogP contribution in [0.2, 0.25) is 0 Å². The number of rotatable bonds is 1. The average Bonchev–Trinajstić information content (AvgIpc) is 2.05. The van der Waals surface area contributed by atoms with Crippen LogP contribution >= 0.6 is 15.9 Å². The van der Waals surface area contributed by atoms with E-state index in [0.717, 1.165) is 10.0 Å². The van der Waals surface area contributed by atoms with Crippen molar-refractivity contribution < 1.29 is 2.74 Å². The van der Waals surface area contributed by atoms with Gasteiger partial charge in [0.2, 0.25) is 0 Å². The molecule has 0 fully saturated rings. The second-order valence-corrected chi connectivity index (χ2v) is 2.67. The van der Waals surface area contributed by atoms with Crippen molar-refractivity contribution in [3.63, 3.8) is 0 Å². The smallest absolute Gasteiger partial charge is 0.0313 e. The summed E-state index contributed by atoms with van der Waals surface area (Å²) in [7, 11) is 0. The van der Waals surface area contributed by atoms with Gasteiger partial charge in [-0.25, -0.2) is 0 Å². The van der Waals surface area contributed by atoms with E-state index in [1.165, 1.54) is 0 Å². The minimum absolute atomic E-state index is 0.127. The summed E-state index contributed by atoms with van der Waals surface area (Å²) in [4.78, 5) is 0. The maximum atomic E-state index is 7.43. The SMILES string of the molecule is [2H]CC([2H])c1ccc(Br)cc1. The number of halogens is 1. The molecule has 1 rings (SSSR count). The zero-order chi connectivity index (χ0) is 8.27. The van der Waals surface area contributed by atoms with Crippen molar-refractivity contribution in [2.75, 3.05) is 0 Å². The van der Waals surface area contributed by atoms with Crippen molar-refractivity contribution in [1.82, 2.24) is 0 Å². The first-order valence-corrected chi connectivity index (χ1v) is 3.50. The van der Waals surface area contributed by atoms with Gasteiger partial charge in [0.15, 0.2) is 0 Å². The van der Waals surface area contributed by atoms with Crippen molar-refractivity contribution in [1.29, 1.82) is 0 Å². The minimum atomic E-state index is -0.400. The molecule has 1 atom stereocenters. The van der Waals surface area contributed by atoms with E-state index in [1.807, 2.05) is 24.3 Å². The third-order valence-corrected chi connectivity index (χ3v) is 1.63. The fourth-order valence-corrected chi connectivity index (χ4v) is 0.863. The number of benzene rings is 1. The maximum Gasteiger partial charge on any atom is 0.0313 e. The first kappa shape index (κ1) is 4.51. The molecule has 0 aromatic heterocycles. The molecule has 0 aliphatic rings. The van der Waals surface area contributed by atoms with Crippen LogP contribution in [-0.2, 0) is 6.40 Å². The largest absolute Gasteiger partial charge is 0.0613 e. The highest BCUT2D eigenvalue weighted by atomic mass is 79.9. The van der Waals surface area contributed by atoms with Gasteiger partial charge in [0.1, 0.15) is 0 Å². The molecule has 1 aromatic carbocycles. The van der Waals surface area contributed by atoms with Gasteiger partial charge >= 0.3 is 0 Å². The molecule has 1 aromatic rings. The van der Waals surface area contributed by atoms with Gasteiger partial charge in [0.05, 0.1) is 0 Å². The minimum Gasteiger partial charge on any atom is -0.0613 e. The zero-order valence-corrected chi connectivity index (χ0v) is 6.56. The summed E-state index contributed by atoms with van der Waals surface area (Å²) >= 11 is 3.31. The Morgan fingerprint density at radius 1 is 1.56 bits per heavy atom. The highest BCUT2D eigenvalue weighted by molar-refractivity contribution is 9.10. The van der Waals surface area contributed by atoms with Crippen LogP contribution in [-0.4, -0.2) is 0 Å². The second kappa shape index (κ2) is 3.02. The molecule has 0 amide bonds. The standard InChI is InChI=1S/C8H9Br/c1-2-7-3-5-8(9)6-4-7/h3-6H,2H2,1H3/i1D,2D. The molecule has 1 unspecified atom stereocenters. The molecular weight excluding hydrogens is 176 g/mol. The molecule has 9 heavy (non-hydrogen) atoms. The molecule has 0 aliphatic carbocycles. The number of aryl methyl sites for hydroxylation is 1. The first-order chi connectivity index (χ1) is 5.24. The molecule has 0 nitrogen and oxygen atoms in total. The van der Waals surface area contributed by atoms with Crippen LogP contribution < -0.4 is 0 Å². The Morgan fingerprint density at radius 2 is 2.22 bits per heavy atom. The summed E-state index contributed by atoms with van der Waals surface area (Å²) in [6, 6.07) is 7.53. The lowest BCUT2D eigenvalue weighted by Crippen LogP contribution is -1.75. The highest BCUT2D eigenvalue weighted by Gasteiger charge is 1.86.